The molecule has 17 heavy (non-hydrogen) atoms. The quantitative estimate of drug-likeness (QED) is 0.742. The van der Waals surface area contributed by atoms with Crippen LogP contribution in [0.15, 0.2) is 12.3 Å². The molecule has 0 atom stereocenters. The van der Waals surface area contributed by atoms with E-state index in [1.54, 1.807) is 0 Å². The van der Waals surface area contributed by atoms with Gasteiger partial charge in [-0.2, -0.15) is 0 Å². The van der Waals surface area contributed by atoms with E-state index in [9.17, 15) is 4.79 Å². The summed E-state index contributed by atoms with van der Waals surface area (Å²) in [5, 5.41) is 12.0. The van der Waals surface area contributed by atoms with Crippen LogP contribution in [0.4, 0.5) is 11.5 Å². The maximum atomic E-state index is 10.7. The van der Waals surface area contributed by atoms with E-state index in [1.807, 2.05) is 0 Å². The number of nitrogens with zero attached hydrogens (tertiary/aromatic N) is 1. The number of carbonyl (C=O) groups is 1. The van der Waals surface area contributed by atoms with Gasteiger partial charge in [0.2, 0.25) is 0 Å². The molecule has 0 amide bonds. The van der Waals surface area contributed by atoms with Crippen molar-refractivity contribution in [2.45, 2.75) is 26.2 Å². The van der Waals surface area contributed by atoms with E-state index in [4.69, 9.17) is 10.8 Å². The van der Waals surface area contributed by atoms with Crippen LogP contribution in [-0.2, 0) is 0 Å². The van der Waals surface area contributed by atoms with Crippen molar-refractivity contribution in [2.24, 2.45) is 5.41 Å². The summed E-state index contributed by atoms with van der Waals surface area (Å²) >= 11 is 0. The minimum Gasteiger partial charge on any atom is -0.478 e. The lowest BCUT2D eigenvalue weighted by Crippen LogP contribution is -2.33. The molecule has 5 nitrogen and oxygen atoms in total. The van der Waals surface area contributed by atoms with E-state index in [0.29, 0.717) is 16.9 Å². The number of carboxylic acids is 1. The van der Waals surface area contributed by atoms with Crippen molar-refractivity contribution in [1.82, 2.24) is 4.98 Å². The molecule has 1 fully saturated rings. The monoisotopic (exact) mass is 235 g/mol. The van der Waals surface area contributed by atoms with Crippen molar-refractivity contribution in [2.75, 3.05) is 17.6 Å². The van der Waals surface area contributed by atoms with Gasteiger partial charge in [-0.15, -0.1) is 0 Å². The number of aromatic nitrogens is 1. The number of anilines is 2. The number of pyridine rings is 1. The van der Waals surface area contributed by atoms with Gasteiger partial charge in [-0.3, -0.25) is 0 Å². The first-order valence-electron chi connectivity index (χ1n) is 5.73. The number of nitrogen functional groups attached to an aromatic ring is 1. The van der Waals surface area contributed by atoms with Gasteiger partial charge >= 0.3 is 5.97 Å². The number of nitrogens with two attached hydrogens (primary N) is 1. The second-order valence-corrected chi connectivity index (χ2v) is 4.98. The van der Waals surface area contributed by atoms with Gasteiger partial charge < -0.3 is 16.2 Å². The summed E-state index contributed by atoms with van der Waals surface area (Å²) in [6.45, 7) is 3.06. The number of hydrogen-bond acceptors (Lipinski definition) is 4. The summed E-state index contributed by atoms with van der Waals surface area (Å²) < 4.78 is 0. The van der Waals surface area contributed by atoms with Crippen LogP contribution in [-0.4, -0.2) is 22.6 Å². The van der Waals surface area contributed by atoms with Crippen molar-refractivity contribution >= 4 is 17.5 Å². The fraction of sp³-hybridized carbons (Fsp3) is 0.500. The lowest BCUT2D eigenvalue weighted by atomic mass is 9.70. The van der Waals surface area contributed by atoms with Gasteiger partial charge in [0.25, 0.3) is 0 Å². The lowest BCUT2D eigenvalue weighted by Gasteiger charge is -2.38. The van der Waals surface area contributed by atoms with E-state index < -0.39 is 5.97 Å². The van der Waals surface area contributed by atoms with Crippen LogP contribution < -0.4 is 11.1 Å². The van der Waals surface area contributed by atoms with Crippen LogP contribution in [0.25, 0.3) is 0 Å². The number of hydrogen-bond donors (Lipinski definition) is 3. The predicted octanol–water partition coefficient (Wildman–Crippen LogP) is 1.96. The third kappa shape index (κ3) is 2.49. The smallest absolute Gasteiger partial charge is 0.337 e. The molecule has 4 N–H and O–H groups in total. The van der Waals surface area contributed by atoms with Gasteiger partial charge in [-0.1, -0.05) is 13.3 Å². The summed E-state index contributed by atoms with van der Waals surface area (Å²) in [7, 11) is 0. The normalized spacial score (nSPS) is 17.2. The molecule has 1 heterocycles. The number of aromatic carboxylic acids is 1. The molecule has 0 aliphatic heterocycles. The van der Waals surface area contributed by atoms with Crippen molar-refractivity contribution < 1.29 is 9.90 Å². The van der Waals surface area contributed by atoms with E-state index in [2.05, 4.69) is 17.2 Å². The van der Waals surface area contributed by atoms with Crippen molar-refractivity contribution in [3.63, 3.8) is 0 Å². The summed E-state index contributed by atoms with van der Waals surface area (Å²) in [6.07, 6.45) is 5.03. The minimum absolute atomic E-state index is 0.114. The maximum Gasteiger partial charge on any atom is 0.337 e. The van der Waals surface area contributed by atoms with Crippen LogP contribution >= 0.6 is 0 Å². The summed E-state index contributed by atoms with van der Waals surface area (Å²) in [6, 6.07) is 1.43. The highest BCUT2D eigenvalue weighted by molar-refractivity contribution is 5.89. The van der Waals surface area contributed by atoms with Crippen LogP contribution in [0.3, 0.4) is 0 Å². The van der Waals surface area contributed by atoms with Crippen LogP contribution in [0.5, 0.6) is 0 Å². The van der Waals surface area contributed by atoms with Gasteiger partial charge in [0, 0.05) is 12.7 Å². The highest BCUT2D eigenvalue weighted by atomic mass is 16.4. The average Bonchev–Trinajstić information content (AvgIpc) is 2.24. The minimum atomic E-state index is -1.01. The first-order valence-corrected chi connectivity index (χ1v) is 5.73. The van der Waals surface area contributed by atoms with Crippen LogP contribution in [0.1, 0.15) is 36.5 Å². The first kappa shape index (κ1) is 11.7. The largest absolute Gasteiger partial charge is 0.478 e. The van der Waals surface area contributed by atoms with Crippen molar-refractivity contribution in [1.29, 1.82) is 0 Å². The molecule has 1 saturated carbocycles. The Morgan fingerprint density at radius 1 is 1.65 bits per heavy atom. The second kappa shape index (κ2) is 4.24. The van der Waals surface area contributed by atoms with Crippen LogP contribution in [0.2, 0.25) is 0 Å². The summed E-state index contributed by atoms with van der Waals surface area (Å²) in [5.41, 5.74) is 6.59. The molecule has 0 unspecified atom stereocenters. The van der Waals surface area contributed by atoms with E-state index in [0.717, 1.165) is 6.54 Å². The van der Waals surface area contributed by atoms with E-state index >= 15 is 0 Å². The molecule has 1 aliphatic rings. The van der Waals surface area contributed by atoms with Crippen molar-refractivity contribution in [3.8, 4) is 0 Å². The second-order valence-electron chi connectivity index (χ2n) is 4.98. The predicted molar refractivity (Wildman–Crippen MR) is 66.1 cm³/mol. The topological polar surface area (TPSA) is 88.2 Å². The summed E-state index contributed by atoms with van der Waals surface area (Å²) in [5.74, 6) is -0.440. The van der Waals surface area contributed by atoms with E-state index in [-0.39, 0.29) is 5.56 Å². The SMILES string of the molecule is CC1(CNc2ncc(C(=O)O)cc2N)CCC1. The first-order chi connectivity index (χ1) is 8.00. The molecule has 2 rings (SSSR count). The van der Waals surface area contributed by atoms with Gasteiger partial charge in [0.05, 0.1) is 11.3 Å². The Balaban J connectivity index is 2.03. The Morgan fingerprint density at radius 2 is 2.35 bits per heavy atom. The van der Waals surface area contributed by atoms with Gasteiger partial charge in [0.15, 0.2) is 0 Å². The summed E-state index contributed by atoms with van der Waals surface area (Å²) in [4.78, 5) is 14.8. The molecule has 0 bridgehead atoms. The molecule has 5 heteroatoms. The molecule has 0 aromatic carbocycles. The molecular weight excluding hydrogens is 218 g/mol. The molecular formula is C12H17N3O2. The highest BCUT2D eigenvalue weighted by Crippen LogP contribution is 2.40. The van der Waals surface area contributed by atoms with Gasteiger partial charge in [-0.05, 0) is 24.3 Å². The molecule has 1 aromatic heterocycles. The molecule has 0 spiro atoms. The van der Waals surface area contributed by atoms with Gasteiger partial charge in [-0.25, -0.2) is 9.78 Å². The zero-order valence-electron chi connectivity index (χ0n) is 9.86. The average molecular weight is 235 g/mol. The fourth-order valence-corrected chi connectivity index (χ4v) is 2.00. The fourth-order valence-electron chi connectivity index (χ4n) is 2.00. The zero-order valence-corrected chi connectivity index (χ0v) is 9.86. The standard InChI is InChI=1S/C12H17N3O2/c1-12(3-2-4-12)7-15-10-9(13)5-8(6-14-10)11(16)17/h5-6H,2-4,7,13H2,1H3,(H,14,15)(H,16,17). The molecule has 92 valence electrons. The molecule has 0 saturated heterocycles. The Bertz CT molecular complexity index is 441. The Labute approximate surface area is 100 Å². The zero-order chi connectivity index (χ0) is 12.5. The Morgan fingerprint density at radius 3 is 2.82 bits per heavy atom. The highest BCUT2D eigenvalue weighted by Gasteiger charge is 2.31. The van der Waals surface area contributed by atoms with E-state index in [1.165, 1.54) is 31.5 Å². The number of carboxylic acid groups (broad SMARTS) is 1. The van der Waals surface area contributed by atoms with Crippen LogP contribution in [0, 0.1) is 5.41 Å². The lowest BCUT2D eigenvalue weighted by molar-refractivity contribution is 0.0696. The molecule has 1 aromatic rings. The Hall–Kier alpha value is -1.78. The van der Waals surface area contributed by atoms with Crippen molar-refractivity contribution in [3.05, 3.63) is 17.8 Å². The number of nitrogens with one attached hydrogen (secondary N) is 1. The third-order valence-electron chi connectivity index (χ3n) is 3.41. The number of rotatable bonds is 4. The molecule has 1 aliphatic carbocycles. The maximum absolute atomic E-state index is 10.7. The third-order valence-corrected chi connectivity index (χ3v) is 3.41. The Kier molecular flexibility index (Phi) is 2.92. The van der Waals surface area contributed by atoms with Gasteiger partial charge in [0.1, 0.15) is 5.82 Å². The molecule has 0 radical (unpaired) electrons.